The fourth-order valence-electron chi connectivity index (χ4n) is 2.51. The molecule has 0 radical (unpaired) electrons. The monoisotopic (exact) mass is 242 g/mol. The Morgan fingerprint density at radius 2 is 2.18 bits per heavy atom. The first-order valence-electron chi connectivity index (χ1n) is 6.42. The van der Waals surface area contributed by atoms with Crippen LogP contribution in [-0.4, -0.2) is 62.7 Å². The van der Waals surface area contributed by atoms with Gasteiger partial charge in [0.2, 0.25) is 0 Å². The summed E-state index contributed by atoms with van der Waals surface area (Å²) in [7, 11) is 5.72. The lowest BCUT2D eigenvalue weighted by molar-refractivity contribution is -0.146. The topological polar surface area (TPSA) is 32.8 Å². The van der Waals surface area contributed by atoms with E-state index in [0.29, 0.717) is 0 Å². The van der Waals surface area contributed by atoms with Crippen molar-refractivity contribution in [2.45, 2.75) is 26.3 Å². The van der Waals surface area contributed by atoms with Crippen molar-refractivity contribution in [2.24, 2.45) is 11.8 Å². The molecule has 4 heteroatoms. The number of hydrogen-bond donors (Lipinski definition) is 0. The molecule has 17 heavy (non-hydrogen) atoms. The van der Waals surface area contributed by atoms with Crippen LogP contribution in [0.1, 0.15) is 20.3 Å². The minimum absolute atomic E-state index is 0.0656. The Balaban J connectivity index is 2.41. The molecule has 0 spiro atoms. The second kappa shape index (κ2) is 6.36. The van der Waals surface area contributed by atoms with Crippen LogP contribution >= 0.6 is 0 Å². The smallest absolute Gasteiger partial charge is 0.309 e. The maximum atomic E-state index is 11.5. The van der Waals surface area contributed by atoms with Gasteiger partial charge in [0, 0.05) is 19.1 Å². The van der Waals surface area contributed by atoms with Gasteiger partial charge in [-0.25, -0.2) is 0 Å². The summed E-state index contributed by atoms with van der Waals surface area (Å²) in [6.45, 7) is 7.46. The van der Waals surface area contributed by atoms with Crippen LogP contribution in [0, 0.1) is 11.8 Å². The van der Waals surface area contributed by atoms with E-state index < -0.39 is 0 Å². The highest BCUT2D eigenvalue weighted by Gasteiger charge is 2.27. The summed E-state index contributed by atoms with van der Waals surface area (Å²) in [6.07, 6.45) is 1.26. The zero-order valence-corrected chi connectivity index (χ0v) is 11.8. The average molecular weight is 242 g/mol. The van der Waals surface area contributed by atoms with Crippen LogP contribution in [-0.2, 0) is 9.53 Å². The second-order valence-corrected chi connectivity index (χ2v) is 5.41. The number of likely N-dealkylation sites (tertiary alicyclic amines) is 1. The van der Waals surface area contributed by atoms with Gasteiger partial charge in [-0.2, -0.15) is 0 Å². The van der Waals surface area contributed by atoms with E-state index >= 15 is 0 Å². The van der Waals surface area contributed by atoms with Crippen LogP contribution in [0.2, 0.25) is 0 Å². The number of esters is 1. The Morgan fingerprint density at radius 1 is 1.53 bits per heavy atom. The third-order valence-electron chi connectivity index (χ3n) is 4.03. The number of methoxy groups -OCH3 is 1. The molecular formula is C13H26N2O2. The first-order chi connectivity index (χ1) is 7.95. The van der Waals surface area contributed by atoms with Crippen molar-refractivity contribution in [3.63, 3.8) is 0 Å². The number of ether oxygens (including phenoxy) is 1. The van der Waals surface area contributed by atoms with Gasteiger partial charge in [0.15, 0.2) is 0 Å². The highest BCUT2D eigenvalue weighted by molar-refractivity contribution is 5.72. The quantitative estimate of drug-likeness (QED) is 0.675. The minimum atomic E-state index is -0.118. The van der Waals surface area contributed by atoms with Crippen molar-refractivity contribution in [3.05, 3.63) is 0 Å². The lowest BCUT2D eigenvalue weighted by Crippen LogP contribution is -2.41. The van der Waals surface area contributed by atoms with Crippen LogP contribution in [0.3, 0.4) is 0 Å². The summed E-state index contributed by atoms with van der Waals surface area (Å²) >= 11 is 0. The molecule has 1 fully saturated rings. The Kier molecular flexibility index (Phi) is 5.40. The van der Waals surface area contributed by atoms with Crippen LogP contribution in [0.5, 0.6) is 0 Å². The van der Waals surface area contributed by atoms with E-state index in [0.717, 1.165) is 12.5 Å². The lowest BCUT2D eigenvalue weighted by Gasteiger charge is -2.30. The molecule has 3 unspecified atom stereocenters. The van der Waals surface area contributed by atoms with Gasteiger partial charge < -0.3 is 14.5 Å². The SMILES string of the molecule is COC(=O)C(C)C(C)N(C)CC1CCN(C)C1. The summed E-state index contributed by atoms with van der Waals surface area (Å²) in [5, 5.41) is 0. The largest absolute Gasteiger partial charge is 0.469 e. The molecule has 0 N–H and O–H groups in total. The predicted molar refractivity (Wildman–Crippen MR) is 68.9 cm³/mol. The fourth-order valence-corrected chi connectivity index (χ4v) is 2.51. The lowest BCUT2D eigenvalue weighted by atomic mass is 10.0. The van der Waals surface area contributed by atoms with Gasteiger partial charge in [-0.05, 0) is 39.9 Å². The normalized spacial score (nSPS) is 24.9. The molecule has 1 heterocycles. The maximum Gasteiger partial charge on any atom is 0.309 e. The van der Waals surface area contributed by atoms with Crippen molar-refractivity contribution >= 4 is 5.97 Å². The molecule has 100 valence electrons. The molecular weight excluding hydrogens is 216 g/mol. The van der Waals surface area contributed by atoms with Crippen molar-refractivity contribution in [3.8, 4) is 0 Å². The summed E-state index contributed by atoms with van der Waals surface area (Å²) in [6, 6.07) is 0.230. The van der Waals surface area contributed by atoms with Crippen LogP contribution in [0.15, 0.2) is 0 Å². The molecule has 4 nitrogen and oxygen atoms in total. The molecule has 0 aliphatic carbocycles. The predicted octanol–water partition coefficient (Wildman–Crippen LogP) is 1.07. The number of hydrogen-bond acceptors (Lipinski definition) is 4. The van der Waals surface area contributed by atoms with Crippen molar-refractivity contribution in [2.75, 3.05) is 40.8 Å². The van der Waals surface area contributed by atoms with E-state index in [1.54, 1.807) is 0 Å². The third-order valence-corrected chi connectivity index (χ3v) is 4.03. The van der Waals surface area contributed by atoms with Crippen LogP contribution in [0.25, 0.3) is 0 Å². The first kappa shape index (κ1) is 14.5. The van der Waals surface area contributed by atoms with Crippen LogP contribution in [0.4, 0.5) is 0 Å². The Hall–Kier alpha value is -0.610. The molecule has 0 amide bonds. The third kappa shape index (κ3) is 3.96. The molecule has 0 bridgehead atoms. The molecule has 1 saturated heterocycles. The van der Waals surface area contributed by atoms with E-state index in [1.165, 1.54) is 26.6 Å². The number of nitrogens with zero attached hydrogens (tertiary/aromatic N) is 2. The molecule has 0 aromatic rings. The fraction of sp³-hybridized carbons (Fsp3) is 0.923. The van der Waals surface area contributed by atoms with E-state index in [1.807, 2.05) is 6.92 Å². The zero-order chi connectivity index (χ0) is 13.0. The summed E-state index contributed by atoms with van der Waals surface area (Å²) in [4.78, 5) is 16.1. The van der Waals surface area contributed by atoms with Gasteiger partial charge in [-0.3, -0.25) is 4.79 Å². The average Bonchev–Trinajstić information content (AvgIpc) is 2.71. The number of rotatable bonds is 5. The zero-order valence-electron chi connectivity index (χ0n) is 11.8. The summed E-state index contributed by atoms with van der Waals surface area (Å²) in [5.41, 5.74) is 0. The number of carbonyl (C=O) groups is 1. The molecule has 1 aliphatic heterocycles. The van der Waals surface area contributed by atoms with Gasteiger partial charge >= 0.3 is 5.97 Å². The van der Waals surface area contributed by atoms with E-state index in [2.05, 4.69) is 30.8 Å². The Morgan fingerprint density at radius 3 is 2.65 bits per heavy atom. The van der Waals surface area contributed by atoms with Gasteiger partial charge in [0.1, 0.15) is 0 Å². The standard InChI is InChI=1S/C13H26N2O2/c1-10(13(16)17-5)11(2)15(4)9-12-6-7-14(3)8-12/h10-12H,6-9H2,1-5H3. The molecule has 3 atom stereocenters. The molecule has 0 aromatic heterocycles. The summed E-state index contributed by atoms with van der Waals surface area (Å²) in [5.74, 6) is 0.550. The Bertz CT molecular complexity index is 258. The van der Waals surface area contributed by atoms with E-state index in [4.69, 9.17) is 4.74 Å². The van der Waals surface area contributed by atoms with Gasteiger partial charge in [-0.1, -0.05) is 6.92 Å². The highest BCUT2D eigenvalue weighted by atomic mass is 16.5. The second-order valence-electron chi connectivity index (χ2n) is 5.41. The molecule has 0 saturated carbocycles. The van der Waals surface area contributed by atoms with Gasteiger partial charge in [0.05, 0.1) is 13.0 Å². The first-order valence-corrected chi connectivity index (χ1v) is 6.42. The van der Waals surface area contributed by atoms with Crippen molar-refractivity contribution < 1.29 is 9.53 Å². The molecule has 1 rings (SSSR count). The van der Waals surface area contributed by atoms with Gasteiger partial charge in [0.25, 0.3) is 0 Å². The molecule has 1 aliphatic rings. The van der Waals surface area contributed by atoms with E-state index in [-0.39, 0.29) is 17.9 Å². The summed E-state index contributed by atoms with van der Waals surface area (Å²) < 4.78 is 4.80. The van der Waals surface area contributed by atoms with Gasteiger partial charge in [-0.15, -0.1) is 0 Å². The maximum absolute atomic E-state index is 11.5. The van der Waals surface area contributed by atoms with Crippen molar-refractivity contribution in [1.29, 1.82) is 0 Å². The highest BCUT2D eigenvalue weighted by Crippen LogP contribution is 2.18. The Labute approximate surface area is 105 Å². The number of carbonyl (C=O) groups excluding carboxylic acids is 1. The van der Waals surface area contributed by atoms with E-state index in [9.17, 15) is 4.79 Å². The van der Waals surface area contributed by atoms with Crippen molar-refractivity contribution in [1.82, 2.24) is 9.80 Å². The minimum Gasteiger partial charge on any atom is -0.469 e. The molecule has 0 aromatic carbocycles. The van der Waals surface area contributed by atoms with Crippen LogP contribution < -0.4 is 0 Å².